The number of piperidine rings is 1. The minimum atomic E-state index is -3.96. The second-order valence-corrected chi connectivity index (χ2v) is 8.43. The number of carboxylic acids is 1. The highest BCUT2D eigenvalue weighted by Gasteiger charge is 2.36. The first-order valence-electron chi connectivity index (χ1n) is 7.86. The summed E-state index contributed by atoms with van der Waals surface area (Å²) in [6.07, 6.45) is 0.491. The van der Waals surface area contributed by atoms with Gasteiger partial charge in [-0.25, -0.2) is 17.6 Å². The topological polar surface area (TPSA) is 104 Å². The quantitative estimate of drug-likeness (QED) is 0.808. The summed E-state index contributed by atoms with van der Waals surface area (Å²) in [7, 11) is -3.96. The smallest absolute Gasteiger partial charge is 0.328 e. The number of nitrogens with one attached hydrogen (secondary N) is 1. The van der Waals surface area contributed by atoms with E-state index >= 15 is 0 Å². The molecule has 2 N–H and O–H groups in total. The van der Waals surface area contributed by atoms with Crippen LogP contribution in [0.5, 0.6) is 0 Å². The van der Waals surface area contributed by atoms with Crippen molar-refractivity contribution in [3.63, 3.8) is 0 Å². The number of sulfonamides is 1. The third-order valence-electron chi connectivity index (χ3n) is 4.25. The number of hydrogen-bond acceptors (Lipinski definition) is 4. The van der Waals surface area contributed by atoms with Crippen LogP contribution < -0.4 is 5.32 Å². The van der Waals surface area contributed by atoms with E-state index in [-0.39, 0.29) is 30.8 Å². The van der Waals surface area contributed by atoms with Crippen LogP contribution in [-0.2, 0) is 19.6 Å². The fourth-order valence-corrected chi connectivity index (χ4v) is 4.15. The highest BCUT2D eigenvalue weighted by atomic mass is 32.2. The van der Waals surface area contributed by atoms with Gasteiger partial charge in [0.15, 0.2) is 0 Å². The largest absolute Gasteiger partial charge is 0.480 e. The van der Waals surface area contributed by atoms with E-state index in [4.69, 9.17) is 5.11 Å². The van der Waals surface area contributed by atoms with E-state index in [1.165, 1.54) is 32.0 Å². The molecule has 0 saturated carbocycles. The Morgan fingerprint density at radius 1 is 1.24 bits per heavy atom. The van der Waals surface area contributed by atoms with E-state index in [2.05, 4.69) is 5.32 Å². The lowest BCUT2D eigenvalue weighted by molar-refractivity contribution is -0.146. The summed E-state index contributed by atoms with van der Waals surface area (Å²) in [4.78, 5) is 22.9. The summed E-state index contributed by atoms with van der Waals surface area (Å²) in [5.41, 5.74) is -1.40. The van der Waals surface area contributed by atoms with Crippen molar-refractivity contribution in [1.29, 1.82) is 0 Å². The van der Waals surface area contributed by atoms with Gasteiger partial charge in [0.1, 0.15) is 16.3 Å². The summed E-state index contributed by atoms with van der Waals surface area (Å²) in [5, 5.41) is 11.5. The van der Waals surface area contributed by atoms with Crippen LogP contribution in [0, 0.1) is 11.7 Å². The maximum atomic E-state index is 13.8. The fourth-order valence-electron chi connectivity index (χ4n) is 2.61. The van der Waals surface area contributed by atoms with Crippen molar-refractivity contribution >= 4 is 21.9 Å². The average Bonchev–Trinajstić information content (AvgIpc) is 2.54. The molecule has 1 heterocycles. The van der Waals surface area contributed by atoms with Gasteiger partial charge in [0.25, 0.3) is 0 Å². The predicted molar refractivity (Wildman–Crippen MR) is 87.7 cm³/mol. The molecule has 1 saturated heterocycles. The molecule has 1 aliphatic heterocycles. The first-order chi connectivity index (χ1) is 11.6. The molecule has 7 nitrogen and oxygen atoms in total. The second kappa shape index (κ2) is 7.09. The molecule has 0 atom stereocenters. The lowest BCUT2D eigenvalue weighted by Crippen LogP contribution is -2.53. The van der Waals surface area contributed by atoms with Crippen molar-refractivity contribution in [3.8, 4) is 0 Å². The van der Waals surface area contributed by atoms with Crippen LogP contribution in [-0.4, -0.2) is 48.3 Å². The number of halogens is 1. The number of carbonyl (C=O) groups is 2. The van der Waals surface area contributed by atoms with E-state index in [0.717, 1.165) is 10.4 Å². The predicted octanol–water partition coefficient (Wildman–Crippen LogP) is 1.21. The van der Waals surface area contributed by atoms with Crippen LogP contribution in [0.25, 0.3) is 0 Å². The van der Waals surface area contributed by atoms with Gasteiger partial charge >= 0.3 is 5.97 Å². The van der Waals surface area contributed by atoms with Crippen molar-refractivity contribution in [2.75, 3.05) is 13.1 Å². The van der Waals surface area contributed by atoms with Gasteiger partial charge in [0.05, 0.1) is 0 Å². The van der Waals surface area contributed by atoms with Gasteiger partial charge in [-0.15, -0.1) is 0 Å². The number of rotatable bonds is 5. The second-order valence-electron chi connectivity index (χ2n) is 6.53. The molecule has 2 rings (SSSR count). The molecular formula is C16H21FN2O5S. The Morgan fingerprint density at radius 2 is 1.80 bits per heavy atom. The Kier molecular flexibility index (Phi) is 5.48. The van der Waals surface area contributed by atoms with Gasteiger partial charge in [0, 0.05) is 19.0 Å². The number of carboxylic acid groups (broad SMARTS) is 1. The Bertz CT molecular complexity index is 770. The molecule has 0 unspecified atom stereocenters. The summed E-state index contributed by atoms with van der Waals surface area (Å²) in [5.74, 6) is -2.87. The summed E-state index contributed by atoms with van der Waals surface area (Å²) >= 11 is 0. The highest BCUT2D eigenvalue weighted by molar-refractivity contribution is 7.89. The Hall–Kier alpha value is -2.00. The van der Waals surface area contributed by atoms with E-state index in [1.54, 1.807) is 0 Å². The SMILES string of the molecule is CC(C)(NC(=O)C1CCN(S(=O)(=O)c2ccccc2F)CC1)C(=O)O. The van der Waals surface area contributed by atoms with E-state index in [9.17, 15) is 22.4 Å². The molecule has 138 valence electrons. The van der Waals surface area contributed by atoms with Crippen LogP contribution in [0.4, 0.5) is 4.39 Å². The zero-order valence-corrected chi connectivity index (χ0v) is 14.8. The van der Waals surface area contributed by atoms with Crippen molar-refractivity contribution in [2.45, 2.75) is 37.1 Å². The van der Waals surface area contributed by atoms with Gasteiger partial charge in [-0.3, -0.25) is 4.79 Å². The molecular weight excluding hydrogens is 351 g/mol. The molecule has 25 heavy (non-hydrogen) atoms. The molecule has 1 amide bonds. The third-order valence-corrected chi connectivity index (χ3v) is 6.18. The molecule has 1 fully saturated rings. The molecule has 0 bridgehead atoms. The maximum Gasteiger partial charge on any atom is 0.328 e. The molecule has 9 heteroatoms. The maximum absolute atomic E-state index is 13.8. The van der Waals surface area contributed by atoms with Crippen LogP contribution in [0.2, 0.25) is 0 Å². The van der Waals surface area contributed by atoms with Gasteiger partial charge < -0.3 is 10.4 Å². The normalized spacial score (nSPS) is 17.2. The minimum absolute atomic E-state index is 0.0717. The highest BCUT2D eigenvalue weighted by Crippen LogP contribution is 2.25. The number of carbonyl (C=O) groups excluding carboxylic acids is 1. The first kappa shape index (κ1) is 19.3. The van der Waals surface area contributed by atoms with E-state index < -0.39 is 39.2 Å². The Balaban J connectivity index is 2.03. The Labute approximate surface area is 145 Å². The Morgan fingerprint density at radius 3 is 2.32 bits per heavy atom. The molecule has 0 spiro atoms. The number of nitrogens with zero attached hydrogens (tertiary/aromatic N) is 1. The van der Waals surface area contributed by atoms with E-state index in [1.807, 2.05) is 0 Å². The lowest BCUT2D eigenvalue weighted by atomic mass is 9.95. The van der Waals surface area contributed by atoms with Crippen molar-refractivity contribution < 1.29 is 27.5 Å². The molecule has 1 aliphatic rings. The van der Waals surface area contributed by atoms with Crippen molar-refractivity contribution in [1.82, 2.24) is 9.62 Å². The zero-order valence-electron chi connectivity index (χ0n) is 14.0. The average molecular weight is 372 g/mol. The van der Waals surface area contributed by atoms with Gasteiger partial charge in [-0.1, -0.05) is 12.1 Å². The number of aliphatic carboxylic acids is 1. The third kappa shape index (κ3) is 4.16. The molecule has 0 aliphatic carbocycles. The van der Waals surface area contributed by atoms with Crippen LogP contribution in [0.1, 0.15) is 26.7 Å². The number of benzene rings is 1. The van der Waals surface area contributed by atoms with E-state index in [0.29, 0.717) is 0 Å². The summed E-state index contributed by atoms with van der Waals surface area (Å²) < 4.78 is 40.0. The number of hydrogen-bond donors (Lipinski definition) is 2. The van der Waals surface area contributed by atoms with Gasteiger partial charge in [-0.2, -0.15) is 4.31 Å². The molecule has 1 aromatic carbocycles. The molecule has 0 radical (unpaired) electrons. The van der Waals surface area contributed by atoms with Gasteiger partial charge in [-0.05, 0) is 38.8 Å². The standard InChI is InChI=1S/C16H21FN2O5S/c1-16(2,15(21)22)18-14(20)11-7-9-19(10-8-11)25(23,24)13-6-4-3-5-12(13)17/h3-6,11H,7-10H2,1-2H3,(H,18,20)(H,21,22). The van der Waals surface area contributed by atoms with Crippen LogP contribution in [0.3, 0.4) is 0 Å². The monoisotopic (exact) mass is 372 g/mol. The van der Waals surface area contributed by atoms with Crippen LogP contribution in [0.15, 0.2) is 29.2 Å². The van der Waals surface area contributed by atoms with Crippen molar-refractivity contribution in [2.24, 2.45) is 5.92 Å². The van der Waals surface area contributed by atoms with Crippen molar-refractivity contribution in [3.05, 3.63) is 30.1 Å². The zero-order chi connectivity index (χ0) is 18.8. The summed E-state index contributed by atoms with van der Waals surface area (Å²) in [6, 6.07) is 5.15. The molecule has 1 aromatic rings. The minimum Gasteiger partial charge on any atom is -0.480 e. The first-order valence-corrected chi connectivity index (χ1v) is 9.30. The van der Waals surface area contributed by atoms with Gasteiger partial charge in [0.2, 0.25) is 15.9 Å². The van der Waals surface area contributed by atoms with Crippen LogP contribution >= 0.6 is 0 Å². The lowest BCUT2D eigenvalue weighted by Gasteiger charge is -2.32. The molecule has 0 aromatic heterocycles. The summed E-state index contributed by atoms with van der Waals surface area (Å²) in [6.45, 7) is 2.90. The number of amides is 1. The fraction of sp³-hybridized carbons (Fsp3) is 0.500.